The molecule has 1 N–H and O–H groups in total. The summed E-state index contributed by atoms with van der Waals surface area (Å²) in [5, 5.41) is 0.524. The molecule has 0 spiro atoms. The van der Waals surface area contributed by atoms with E-state index in [2.05, 4.69) is 19.7 Å². The molecule has 0 unspecified atom stereocenters. The van der Waals surface area contributed by atoms with Gasteiger partial charge in [-0.05, 0) is 37.1 Å². The van der Waals surface area contributed by atoms with Gasteiger partial charge in [-0.2, -0.15) is 0 Å². The fourth-order valence-corrected chi connectivity index (χ4v) is 3.71. The van der Waals surface area contributed by atoms with E-state index in [1.807, 2.05) is 0 Å². The van der Waals surface area contributed by atoms with Crippen molar-refractivity contribution in [2.24, 2.45) is 0 Å². The van der Waals surface area contributed by atoms with Crippen molar-refractivity contribution in [3.8, 4) is 5.82 Å². The highest BCUT2D eigenvalue weighted by Crippen LogP contribution is 2.25. The van der Waals surface area contributed by atoms with Crippen molar-refractivity contribution >= 4 is 27.4 Å². The van der Waals surface area contributed by atoms with Crippen LogP contribution in [0, 0.1) is 13.8 Å². The molecule has 0 saturated carbocycles. The summed E-state index contributed by atoms with van der Waals surface area (Å²) < 4.78 is 29.4. The Labute approximate surface area is 144 Å². The molecule has 124 valence electrons. The van der Waals surface area contributed by atoms with E-state index in [1.165, 1.54) is 18.5 Å². The van der Waals surface area contributed by atoms with Crippen molar-refractivity contribution in [1.82, 2.24) is 19.5 Å². The highest BCUT2D eigenvalue weighted by atomic mass is 35.5. The summed E-state index contributed by atoms with van der Waals surface area (Å²) in [6, 6.07) is 4.69. The quantitative estimate of drug-likeness (QED) is 0.769. The highest BCUT2D eigenvalue weighted by Gasteiger charge is 2.19. The molecular formula is C15H14ClN5O2S. The van der Waals surface area contributed by atoms with Crippen LogP contribution < -0.4 is 4.72 Å². The zero-order chi connectivity index (χ0) is 17.3. The number of imidazole rings is 1. The molecule has 0 fully saturated rings. The van der Waals surface area contributed by atoms with Crippen LogP contribution in [0.4, 0.5) is 5.82 Å². The molecule has 0 amide bonds. The SMILES string of the molecule is Cc1cc(S(=O)(=O)Nc2cc(-n3ccnc3)ncn2)c(C)cc1Cl. The Balaban J connectivity index is 1.96. The third kappa shape index (κ3) is 3.24. The summed E-state index contributed by atoms with van der Waals surface area (Å²) in [5.41, 5.74) is 1.24. The van der Waals surface area contributed by atoms with E-state index in [9.17, 15) is 8.42 Å². The summed E-state index contributed by atoms with van der Waals surface area (Å²) >= 11 is 6.03. The van der Waals surface area contributed by atoms with Gasteiger partial charge in [0, 0.05) is 23.5 Å². The van der Waals surface area contributed by atoms with Crippen molar-refractivity contribution in [2.75, 3.05) is 4.72 Å². The lowest BCUT2D eigenvalue weighted by Gasteiger charge is -2.12. The molecule has 9 heteroatoms. The normalized spacial score (nSPS) is 11.5. The Morgan fingerprint density at radius 2 is 1.92 bits per heavy atom. The van der Waals surface area contributed by atoms with Gasteiger partial charge in [-0.1, -0.05) is 11.6 Å². The number of anilines is 1. The van der Waals surface area contributed by atoms with Gasteiger partial charge in [-0.15, -0.1) is 0 Å². The standard InChI is InChI=1S/C15H14ClN5O2S/c1-10-6-13(11(2)5-12(10)16)24(22,23)20-14-7-15(19-8-18-14)21-4-3-17-9-21/h3-9H,1-2H3,(H,18,19,20). The number of aromatic nitrogens is 4. The van der Waals surface area contributed by atoms with Crippen LogP contribution >= 0.6 is 11.6 Å². The first-order valence-electron chi connectivity index (χ1n) is 6.97. The molecule has 0 bridgehead atoms. The molecule has 2 heterocycles. The summed E-state index contributed by atoms with van der Waals surface area (Å²) in [4.78, 5) is 12.1. The minimum absolute atomic E-state index is 0.159. The predicted molar refractivity (Wildman–Crippen MR) is 90.9 cm³/mol. The van der Waals surface area contributed by atoms with Crippen LogP contribution in [0.25, 0.3) is 5.82 Å². The van der Waals surface area contributed by atoms with Crippen LogP contribution in [-0.2, 0) is 10.0 Å². The molecule has 0 radical (unpaired) electrons. The fraction of sp³-hybridized carbons (Fsp3) is 0.133. The third-order valence-electron chi connectivity index (χ3n) is 3.41. The Hall–Kier alpha value is -2.45. The molecule has 0 atom stereocenters. The largest absolute Gasteiger partial charge is 0.290 e. The number of halogens is 1. The Morgan fingerprint density at radius 3 is 2.62 bits per heavy atom. The van der Waals surface area contributed by atoms with Crippen molar-refractivity contribution in [2.45, 2.75) is 18.7 Å². The number of benzene rings is 1. The van der Waals surface area contributed by atoms with Gasteiger partial charge < -0.3 is 0 Å². The smallest absolute Gasteiger partial charge is 0.263 e. The maximum atomic E-state index is 12.6. The Bertz CT molecular complexity index is 987. The number of rotatable bonds is 4. The number of sulfonamides is 1. The van der Waals surface area contributed by atoms with Crippen molar-refractivity contribution in [3.05, 3.63) is 59.4 Å². The average Bonchev–Trinajstić information content (AvgIpc) is 3.05. The molecule has 2 aromatic heterocycles. The molecule has 0 aliphatic rings. The Morgan fingerprint density at radius 1 is 1.12 bits per heavy atom. The van der Waals surface area contributed by atoms with Crippen molar-refractivity contribution in [3.63, 3.8) is 0 Å². The molecule has 24 heavy (non-hydrogen) atoms. The van der Waals surface area contributed by atoms with Crippen LogP contribution in [0.2, 0.25) is 5.02 Å². The molecule has 7 nitrogen and oxygen atoms in total. The van der Waals surface area contributed by atoms with E-state index in [1.54, 1.807) is 43.2 Å². The molecular weight excluding hydrogens is 350 g/mol. The van der Waals surface area contributed by atoms with Crippen LogP contribution in [0.1, 0.15) is 11.1 Å². The minimum atomic E-state index is -3.79. The molecule has 1 aromatic carbocycles. The van der Waals surface area contributed by atoms with Gasteiger partial charge in [0.1, 0.15) is 24.3 Å². The summed E-state index contributed by atoms with van der Waals surface area (Å²) in [7, 11) is -3.79. The maximum absolute atomic E-state index is 12.6. The Kier molecular flexibility index (Phi) is 4.25. The van der Waals surface area contributed by atoms with E-state index in [-0.39, 0.29) is 10.7 Å². The van der Waals surface area contributed by atoms with E-state index in [0.717, 1.165) is 0 Å². The number of aryl methyl sites for hydroxylation is 2. The van der Waals surface area contributed by atoms with E-state index in [0.29, 0.717) is 22.0 Å². The van der Waals surface area contributed by atoms with Crippen LogP contribution in [0.5, 0.6) is 0 Å². The molecule has 3 aromatic rings. The monoisotopic (exact) mass is 363 g/mol. The summed E-state index contributed by atoms with van der Waals surface area (Å²) in [6.07, 6.45) is 6.15. The van der Waals surface area contributed by atoms with Crippen molar-refractivity contribution < 1.29 is 8.42 Å². The van der Waals surface area contributed by atoms with Gasteiger partial charge in [-0.25, -0.2) is 23.4 Å². The second-order valence-electron chi connectivity index (χ2n) is 5.20. The summed E-state index contributed by atoms with van der Waals surface area (Å²) in [5.74, 6) is 0.671. The average molecular weight is 364 g/mol. The molecule has 0 aliphatic carbocycles. The topological polar surface area (TPSA) is 89.8 Å². The van der Waals surface area contributed by atoms with Crippen molar-refractivity contribution in [1.29, 1.82) is 0 Å². The number of hydrogen-bond donors (Lipinski definition) is 1. The zero-order valence-electron chi connectivity index (χ0n) is 12.9. The lowest BCUT2D eigenvalue weighted by atomic mass is 10.2. The van der Waals surface area contributed by atoms with Gasteiger partial charge in [0.15, 0.2) is 0 Å². The molecule has 0 aliphatic heterocycles. The van der Waals surface area contributed by atoms with Gasteiger partial charge in [0.05, 0.1) is 4.90 Å². The second-order valence-corrected chi connectivity index (χ2v) is 7.26. The van der Waals surface area contributed by atoms with Gasteiger partial charge >= 0.3 is 0 Å². The van der Waals surface area contributed by atoms with Gasteiger partial charge in [-0.3, -0.25) is 9.29 Å². The van der Waals surface area contributed by atoms with Gasteiger partial charge in [0.2, 0.25) is 0 Å². The maximum Gasteiger partial charge on any atom is 0.263 e. The third-order valence-corrected chi connectivity index (χ3v) is 5.31. The first-order chi connectivity index (χ1) is 11.4. The fourth-order valence-electron chi connectivity index (χ4n) is 2.18. The number of hydrogen-bond acceptors (Lipinski definition) is 5. The van der Waals surface area contributed by atoms with Crippen LogP contribution in [0.15, 0.2) is 48.1 Å². The summed E-state index contributed by atoms with van der Waals surface area (Å²) in [6.45, 7) is 3.44. The lowest BCUT2D eigenvalue weighted by Crippen LogP contribution is -2.16. The molecule has 3 rings (SSSR count). The zero-order valence-corrected chi connectivity index (χ0v) is 14.5. The first kappa shape index (κ1) is 16.4. The minimum Gasteiger partial charge on any atom is -0.290 e. The number of nitrogens with one attached hydrogen (secondary N) is 1. The second kappa shape index (κ2) is 6.21. The van der Waals surface area contributed by atoms with Gasteiger partial charge in [0.25, 0.3) is 10.0 Å². The first-order valence-corrected chi connectivity index (χ1v) is 8.83. The predicted octanol–water partition coefficient (Wildman–Crippen LogP) is 2.73. The lowest BCUT2D eigenvalue weighted by molar-refractivity contribution is 0.600. The highest BCUT2D eigenvalue weighted by molar-refractivity contribution is 7.92. The van der Waals surface area contributed by atoms with E-state index >= 15 is 0 Å². The van der Waals surface area contributed by atoms with Crippen LogP contribution in [0.3, 0.4) is 0 Å². The molecule has 0 saturated heterocycles. The number of nitrogens with zero attached hydrogens (tertiary/aromatic N) is 4. The van der Waals surface area contributed by atoms with E-state index < -0.39 is 10.0 Å². The van der Waals surface area contributed by atoms with Crippen LogP contribution in [-0.4, -0.2) is 27.9 Å². The van der Waals surface area contributed by atoms with E-state index in [4.69, 9.17) is 11.6 Å².